The van der Waals surface area contributed by atoms with Gasteiger partial charge in [-0.3, -0.25) is 4.98 Å². The number of fused-ring (bicyclic) bond motifs is 2. The van der Waals surface area contributed by atoms with Crippen molar-refractivity contribution in [2.45, 2.75) is 32.6 Å². The third kappa shape index (κ3) is 4.74. The Labute approximate surface area is 174 Å². The number of aromatic nitrogens is 5. The van der Waals surface area contributed by atoms with Crippen molar-refractivity contribution in [1.82, 2.24) is 24.6 Å². The lowest BCUT2D eigenvalue weighted by Crippen LogP contribution is -2.08. The monoisotopic (exact) mass is 409 g/mol. The van der Waals surface area contributed by atoms with Crippen LogP contribution in [0.15, 0.2) is 42.9 Å². The van der Waals surface area contributed by atoms with Gasteiger partial charge in [0.15, 0.2) is 0 Å². The molecule has 0 atom stereocenters. The van der Waals surface area contributed by atoms with Crippen molar-refractivity contribution in [1.29, 1.82) is 0 Å². The second-order valence-corrected chi connectivity index (χ2v) is 7.48. The molecule has 0 aliphatic carbocycles. The molecule has 150 valence electrons. The number of hydrogen-bond donors (Lipinski definition) is 2. The third-order valence-corrected chi connectivity index (χ3v) is 5.04. The van der Waals surface area contributed by atoms with Crippen LogP contribution in [0.1, 0.15) is 31.4 Å². The maximum absolute atomic E-state index is 6.05. The third-order valence-electron chi connectivity index (χ3n) is 4.81. The smallest absolute Gasteiger partial charge is 0.254 e. The molecule has 0 radical (unpaired) electrons. The van der Waals surface area contributed by atoms with Crippen LogP contribution < -0.4 is 10.6 Å². The van der Waals surface area contributed by atoms with Crippen LogP contribution in [0.4, 0.5) is 11.5 Å². The van der Waals surface area contributed by atoms with Crippen LogP contribution >= 0.6 is 11.6 Å². The fourth-order valence-electron chi connectivity index (χ4n) is 3.37. The van der Waals surface area contributed by atoms with Gasteiger partial charge in [-0.1, -0.05) is 24.4 Å². The molecule has 0 saturated carbocycles. The number of hydrogen-bond acceptors (Lipinski definition) is 6. The summed E-state index contributed by atoms with van der Waals surface area (Å²) in [5.41, 5.74) is 2.96. The standard InChI is InChI=1S/C21H24ClN7/c1-15-12-20(29-21(28-15)26-14-27-29)25-10-5-3-2-4-9-23-18-8-11-24-19-13-16(22)6-7-17(18)19/h6-8,11-14,25H,2-5,9-10H2,1H3,(H,23,24). The van der Waals surface area contributed by atoms with E-state index in [2.05, 4.69) is 30.7 Å². The number of pyridine rings is 1. The number of halogens is 1. The van der Waals surface area contributed by atoms with Crippen LogP contribution in [0, 0.1) is 6.92 Å². The molecule has 4 rings (SSSR count). The number of benzene rings is 1. The lowest BCUT2D eigenvalue weighted by Gasteiger charge is -2.10. The first-order valence-corrected chi connectivity index (χ1v) is 10.3. The molecule has 0 bridgehead atoms. The molecule has 29 heavy (non-hydrogen) atoms. The molecular weight excluding hydrogens is 386 g/mol. The van der Waals surface area contributed by atoms with E-state index in [1.807, 2.05) is 43.5 Å². The molecule has 0 spiro atoms. The number of rotatable bonds is 9. The summed E-state index contributed by atoms with van der Waals surface area (Å²) in [6, 6.07) is 9.83. The highest BCUT2D eigenvalue weighted by atomic mass is 35.5. The van der Waals surface area contributed by atoms with Crippen molar-refractivity contribution >= 4 is 39.8 Å². The first-order chi connectivity index (χ1) is 14.2. The Morgan fingerprint density at radius 2 is 1.79 bits per heavy atom. The number of unbranched alkanes of at least 4 members (excludes halogenated alkanes) is 3. The number of anilines is 2. The van der Waals surface area contributed by atoms with Crippen LogP contribution in [-0.4, -0.2) is 37.7 Å². The van der Waals surface area contributed by atoms with Crippen molar-refractivity contribution in [3.05, 3.63) is 53.6 Å². The van der Waals surface area contributed by atoms with E-state index in [-0.39, 0.29) is 0 Å². The fourth-order valence-corrected chi connectivity index (χ4v) is 3.54. The summed E-state index contributed by atoms with van der Waals surface area (Å²) < 4.78 is 1.74. The number of nitrogens with zero attached hydrogens (tertiary/aromatic N) is 5. The SMILES string of the molecule is Cc1cc(NCCCCCCNc2ccnc3cc(Cl)ccc23)n2ncnc2n1. The first-order valence-electron chi connectivity index (χ1n) is 9.90. The van der Waals surface area contributed by atoms with Gasteiger partial charge >= 0.3 is 0 Å². The first kappa shape index (κ1) is 19.4. The van der Waals surface area contributed by atoms with E-state index in [4.69, 9.17) is 11.6 Å². The van der Waals surface area contributed by atoms with Gasteiger partial charge in [-0.15, -0.1) is 0 Å². The summed E-state index contributed by atoms with van der Waals surface area (Å²) in [5.74, 6) is 1.57. The summed E-state index contributed by atoms with van der Waals surface area (Å²) in [7, 11) is 0. The summed E-state index contributed by atoms with van der Waals surface area (Å²) in [6.45, 7) is 3.81. The molecule has 4 aromatic rings. The van der Waals surface area contributed by atoms with Crippen LogP contribution in [0.3, 0.4) is 0 Å². The summed E-state index contributed by atoms with van der Waals surface area (Å²) in [6.07, 6.45) is 7.93. The Morgan fingerprint density at radius 3 is 2.66 bits per heavy atom. The molecule has 7 nitrogen and oxygen atoms in total. The maximum atomic E-state index is 6.05. The molecule has 0 amide bonds. The Bertz CT molecular complexity index is 1110. The predicted molar refractivity (Wildman–Crippen MR) is 118 cm³/mol. The molecule has 0 saturated heterocycles. The molecule has 3 aromatic heterocycles. The molecule has 0 fully saturated rings. The zero-order valence-electron chi connectivity index (χ0n) is 16.4. The van der Waals surface area contributed by atoms with Crippen molar-refractivity contribution < 1.29 is 0 Å². The predicted octanol–water partition coefficient (Wildman–Crippen LogP) is 4.72. The van der Waals surface area contributed by atoms with E-state index in [0.29, 0.717) is 10.8 Å². The van der Waals surface area contributed by atoms with Gasteiger partial charge in [-0.05, 0) is 44.0 Å². The van der Waals surface area contributed by atoms with Crippen molar-refractivity contribution in [3.8, 4) is 0 Å². The summed E-state index contributed by atoms with van der Waals surface area (Å²) in [5, 5.41) is 13.0. The highest BCUT2D eigenvalue weighted by Crippen LogP contribution is 2.24. The Balaban J connectivity index is 1.18. The summed E-state index contributed by atoms with van der Waals surface area (Å²) in [4.78, 5) is 12.9. The van der Waals surface area contributed by atoms with Crippen molar-refractivity contribution in [2.24, 2.45) is 0 Å². The largest absolute Gasteiger partial charge is 0.384 e. The van der Waals surface area contributed by atoms with E-state index < -0.39 is 0 Å². The van der Waals surface area contributed by atoms with Crippen LogP contribution in [0.5, 0.6) is 0 Å². The topological polar surface area (TPSA) is 80.0 Å². The molecular formula is C21H24ClN7. The quantitative estimate of drug-likeness (QED) is 0.389. The highest BCUT2D eigenvalue weighted by molar-refractivity contribution is 6.31. The van der Waals surface area contributed by atoms with Crippen LogP contribution in [0.2, 0.25) is 5.02 Å². The molecule has 1 aromatic carbocycles. The van der Waals surface area contributed by atoms with E-state index in [0.717, 1.165) is 54.0 Å². The second kappa shape index (κ2) is 9.05. The van der Waals surface area contributed by atoms with Gasteiger partial charge in [0.25, 0.3) is 5.78 Å². The minimum Gasteiger partial charge on any atom is -0.384 e. The van der Waals surface area contributed by atoms with Gasteiger partial charge in [0.2, 0.25) is 0 Å². The summed E-state index contributed by atoms with van der Waals surface area (Å²) >= 11 is 6.05. The molecule has 2 N–H and O–H groups in total. The Kier molecular flexibility index (Phi) is 6.05. The van der Waals surface area contributed by atoms with Gasteiger partial charge in [-0.2, -0.15) is 14.6 Å². The lowest BCUT2D eigenvalue weighted by molar-refractivity contribution is 0.669. The molecule has 3 heterocycles. The molecule has 0 aliphatic rings. The zero-order valence-corrected chi connectivity index (χ0v) is 17.2. The van der Waals surface area contributed by atoms with Gasteiger partial charge in [-0.25, -0.2) is 4.98 Å². The van der Waals surface area contributed by atoms with Crippen LogP contribution in [-0.2, 0) is 0 Å². The zero-order chi connectivity index (χ0) is 20.1. The second-order valence-electron chi connectivity index (χ2n) is 7.04. The maximum Gasteiger partial charge on any atom is 0.254 e. The fraction of sp³-hybridized carbons (Fsp3) is 0.333. The van der Waals surface area contributed by atoms with E-state index in [1.54, 1.807) is 4.52 Å². The van der Waals surface area contributed by atoms with Crippen LogP contribution in [0.25, 0.3) is 16.7 Å². The lowest BCUT2D eigenvalue weighted by atomic mass is 10.1. The molecule has 8 heteroatoms. The average Bonchev–Trinajstić information content (AvgIpc) is 3.18. The molecule has 0 aliphatic heterocycles. The van der Waals surface area contributed by atoms with E-state index in [1.165, 1.54) is 19.2 Å². The van der Waals surface area contributed by atoms with Gasteiger partial charge in [0.1, 0.15) is 12.1 Å². The van der Waals surface area contributed by atoms with Gasteiger partial charge in [0.05, 0.1) is 5.52 Å². The number of aryl methyl sites for hydroxylation is 1. The van der Waals surface area contributed by atoms with Crippen molar-refractivity contribution in [2.75, 3.05) is 23.7 Å². The van der Waals surface area contributed by atoms with Gasteiger partial charge < -0.3 is 10.6 Å². The van der Waals surface area contributed by atoms with E-state index >= 15 is 0 Å². The average molecular weight is 410 g/mol. The normalized spacial score (nSPS) is 11.2. The molecule has 0 unspecified atom stereocenters. The minimum atomic E-state index is 0.629. The highest BCUT2D eigenvalue weighted by Gasteiger charge is 2.05. The van der Waals surface area contributed by atoms with Crippen molar-refractivity contribution in [3.63, 3.8) is 0 Å². The van der Waals surface area contributed by atoms with E-state index in [9.17, 15) is 0 Å². The Morgan fingerprint density at radius 1 is 0.966 bits per heavy atom. The Hall–Kier alpha value is -2.93. The minimum absolute atomic E-state index is 0.629. The van der Waals surface area contributed by atoms with Gasteiger partial charge in [0, 0.05) is 47.1 Å². The number of nitrogens with one attached hydrogen (secondary N) is 2.